The molecule has 1 aromatic heterocycles. The van der Waals surface area contributed by atoms with E-state index in [1.165, 1.54) is 24.3 Å². The molecule has 0 aliphatic heterocycles. The maximum atomic E-state index is 4.65. The summed E-state index contributed by atoms with van der Waals surface area (Å²) in [5, 5.41) is 7.23. The zero-order valence-electron chi connectivity index (χ0n) is 13.2. The summed E-state index contributed by atoms with van der Waals surface area (Å²) in [6.45, 7) is 14.1. The molecule has 0 spiro atoms. The van der Waals surface area contributed by atoms with Crippen LogP contribution in [0.3, 0.4) is 0 Å². The van der Waals surface area contributed by atoms with Crippen molar-refractivity contribution in [2.75, 3.05) is 0 Å². The maximum absolute atomic E-state index is 4.65. The van der Waals surface area contributed by atoms with E-state index >= 15 is 0 Å². The molecule has 1 aliphatic rings. The normalized spacial score (nSPS) is 24.6. The summed E-state index contributed by atoms with van der Waals surface area (Å²) in [5.41, 5.74) is 0.762. The third kappa shape index (κ3) is 3.38. The Bertz CT molecular complexity index is 402. The van der Waals surface area contributed by atoms with Gasteiger partial charge in [-0.2, -0.15) is 0 Å². The molecule has 1 N–H and O–H groups in total. The lowest BCUT2D eigenvalue weighted by Gasteiger charge is -2.52. The van der Waals surface area contributed by atoms with Gasteiger partial charge in [0.15, 0.2) is 0 Å². The van der Waals surface area contributed by atoms with Gasteiger partial charge < -0.3 is 5.32 Å². The summed E-state index contributed by atoms with van der Waals surface area (Å²) in [6.07, 6.45) is 5.58. The van der Waals surface area contributed by atoms with Gasteiger partial charge in [-0.05, 0) is 43.9 Å². The van der Waals surface area contributed by atoms with Gasteiger partial charge in [0.05, 0.1) is 5.54 Å². The number of hydrogen-bond donors (Lipinski definition) is 1. The SMILES string of the molecule is CC(C)NC1(c2nccs2)CC(C)(C)CC(C)(C)C1. The summed E-state index contributed by atoms with van der Waals surface area (Å²) in [4.78, 5) is 4.65. The first-order valence-electron chi connectivity index (χ1n) is 7.32. The summed E-state index contributed by atoms with van der Waals surface area (Å²) in [6, 6.07) is 0.480. The molecule has 0 amide bonds. The Labute approximate surface area is 122 Å². The largest absolute Gasteiger partial charge is 0.303 e. The topological polar surface area (TPSA) is 24.9 Å². The lowest BCUT2D eigenvalue weighted by atomic mass is 9.58. The second-order valence-corrected chi connectivity index (χ2v) is 8.97. The fourth-order valence-electron chi connectivity index (χ4n) is 4.44. The van der Waals surface area contributed by atoms with Crippen LogP contribution in [-0.2, 0) is 5.54 Å². The van der Waals surface area contributed by atoms with Gasteiger partial charge in [0.25, 0.3) is 0 Å². The molecule has 1 fully saturated rings. The van der Waals surface area contributed by atoms with Gasteiger partial charge in [0, 0.05) is 17.6 Å². The van der Waals surface area contributed by atoms with E-state index in [4.69, 9.17) is 0 Å². The lowest BCUT2D eigenvalue weighted by molar-refractivity contribution is 0.0214. The van der Waals surface area contributed by atoms with E-state index in [-0.39, 0.29) is 5.54 Å². The molecule has 1 saturated carbocycles. The van der Waals surface area contributed by atoms with Crippen molar-refractivity contribution in [2.45, 2.75) is 72.4 Å². The third-order valence-electron chi connectivity index (χ3n) is 3.92. The molecule has 0 unspecified atom stereocenters. The van der Waals surface area contributed by atoms with Gasteiger partial charge in [0.1, 0.15) is 5.01 Å². The molecular formula is C16H28N2S. The van der Waals surface area contributed by atoms with Gasteiger partial charge in [-0.3, -0.25) is 0 Å². The maximum Gasteiger partial charge on any atom is 0.113 e. The van der Waals surface area contributed by atoms with Crippen molar-refractivity contribution in [3.8, 4) is 0 Å². The van der Waals surface area contributed by atoms with Gasteiger partial charge in [-0.25, -0.2) is 4.98 Å². The van der Waals surface area contributed by atoms with E-state index in [0.717, 1.165) is 0 Å². The molecule has 1 heterocycles. The Morgan fingerprint density at radius 1 is 1.11 bits per heavy atom. The zero-order valence-corrected chi connectivity index (χ0v) is 14.0. The Morgan fingerprint density at radius 3 is 2.11 bits per heavy atom. The third-order valence-corrected chi connectivity index (χ3v) is 4.90. The highest BCUT2D eigenvalue weighted by atomic mass is 32.1. The number of hydrogen-bond acceptors (Lipinski definition) is 3. The summed E-state index contributed by atoms with van der Waals surface area (Å²) in [7, 11) is 0. The average Bonchev–Trinajstić information content (AvgIpc) is 2.62. The molecule has 1 aliphatic carbocycles. The quantitative estimate of drug-likeness (QED) is 0.877. The van der Waals surface area contributed by atoms with Crippen LogP contribution in [0, 0.1) is 10.8 Å². The van der Waals surface area contributed by atoms with Gasteiger partial charge >= 0.3 is 0 Å². The van der Waals surface area contributed by atoms with E-state index < -0.39 is 0 Å². The molecule has 0 aromatic carbocycles. The second-order valence-electron chi connectivity index (χ2n) is 8.08. The van der Waals surface area contributed by atoms with E-state index in [0.29, 0.717) is 16.9 Å². The van der Waals surface area contributed by atoms with Gasteiger partial charge in [0.2, 0.25) is 0 Å². The average molecular weight is 280 g/mol. The van der Waals surface area contributed by atoms with Crippen molar-refractivity contribution in [1.29, 1.82) is 0 Å². The monoisotopic (exact) mass is 280 g/mol. The fourth-order valence-corrected chi connectivity index (χ4v) is 5.25. The van der Waals surface area contributed by atoms with Crippen LogP contribution in [0.5, 0.6) is 0 Å². The number of thiazole rings is 1. The van der Waals surface area contributed by atoms with Gasteiger partial charge in [-0.1, -0.05) is 27.7 Å². The molecule has 2 rings (SSSR count). The fraction of sp³-hybridized carbons (Fsp3) is 0.812. The lowest BCUT2D eigenvalue weighted by Crippen LogP contribution is -2.54. The Balaban J connectivity index is 2.42. The first-order chi connectivity index (χ1) is 8.64. The number of aromatic nitrogens is 1. The first-order valence-corrected chi connectivity index (χ1v) is 8.20. The van der Waals surface area contributed by atoms with Crippen LogP contribution in [0.1, 0.15) is 65.8 Å². The highest BCUT2D eigenvalue weighted by Gasteiger charge is 2.49. The van der Waals surface area contributed by atoms with Crippen molar-refractivity contribution in [3.05, 3.63) is 16.6 Å². The van der Waals surface area contributed by atoms with E-state index in [1.807, 2.05) is 6.20 Å². The van der Waals surface area contributed by atoms with Crippen LogP contribution in [-0.4, -0.2) is 11.0 Å². The smallest absolute Gasteiger partial charge is 0.113 e. The Morgan fingerprint density at radius 2 is 1.68 bits per heavy atom. The number of nitrogens with one attached hydrogen (secondary N) is 1. The van der Waals surface area contributed by atoms with E-state index in [1.54, 1.807) is 11.3 Å². The highest BCUT2D eigenvalue weighted by molar-refractivity contribution is 7.09. The van der Waals surface area contributed by atoms with Crippen molar-refractivity contribution in [2.24, 2.45) is 10.8 Å². The van der Waals surface area contributed by atoms with Crippen molar-refractivity contribution >= 4 is 11.3 Å². The number of nitrogens with zero attached hydrogens (tertiary/aromatic N) is 1. The van der Waals surface area contributed by atoms with E-state index in [9.17, 15) is 0 Å². The molecule has 0 bridgehead atoms. The summed E-state index contributed by atoms with van der Waals surface area (Å²) < 4.78 is 0. The first kappa shape index (κ1) is 15.0. The minimum Gasteiger partial charge on any atom is -0.303 e. The summed E-state index contributed by atoms with van der Waals surface area (Å²) >= 11 is 1.80. The molecule has 0 saturated heterocycles. The van der Waals surface area contributed by atoms with Crippen LogP contribution in [0.15, 0.2) is 11.6 Å². The molecular weight excluding hydrogens is 252 g/mol. The zero-order chi connectivity index (χ0) is 14.3. The molecule has 108 valence electrons. The Hall–Kier alpha value is -0.410. The van der Waals surface area contributed by atoms with Crippen molar-refractivity contribution in [3.63, 3.8) is 0 Å². The molecule has 19 heavy (non-hydrogen) atoms. The second kappa shape index (κ2) is 4.85. The minimum absolute atomic E-state index is 0.0492. The van der Waals surface area contributed by atoms with Gasteiger partial charge in [-0.15, -0.1) is 11.3 Å². The number of rotatable bonds is 3. The molecule has 3 heteroatoms. The summed E-state index contributed by atoms with van der Waals surface area (Å²) in [5.74, 6) is 0. The standard InChI is InChI=1S/C16H28N2S/c1-12(2)18-16(13-17-7-8-19-13)10-14(3,4)9-15(5,6)11-16/h7-8,12,18H,9-11H2,1-6H3. The Kier molecular flexibility index (Phi) is 3.83. The predicted molar refractivity (Wildman–Crippen MR) is 83.5 cm³/mol. The van der Waals surface area contributed by atoms with Crippen LogP contribution < -0.4 is 5.32 Å². The van der Waals surface area contributed by atoms with Crippen LogP contribution >= 0.6 is 11.3 Å². The van der Waals surface area contributed by atoms with E-state index in [2.05, 4.69) is 57.2 Å². The van der Waals surface area contributed by atoms with Crippen molar-refractivity contribution < 1.29 is 0 Å². The predicted octanol–water partition coefficient (Wildman–Crippen LogP) is 4.57. The molecule has 0 radical (unpaired) electrons. The van der Waals surface area contributed by atoms with Crippen molar-refractivity contribution in [1.82, 2.24) is 10.3 Å². The van der Waals surface area contributed by atoms with Crippen LogP contribution in [0.2, 0.25) is 0 Å². The molecule has 0 atom stereocenters. The molecule has 1 aromatic rings. The molecule has 2 nitrogen and oxygen atoms in total. The van der Waals surface area contributed by atoms with Crippen LogP contribution in [0.4, 0.5) is 0 Å². The van der Waals surface area contributed by atoms with Crippen LogP contribution in [0.25, 0.3) is 0 Å². The highest BCUT2D eigenvalue weighted by Crippen LogP contribution is 2.54. The minimum atomic E-state index is 0.0492.